The number of methoxy groups -OCH3 is 1. The van der Waals surface area contributed by atoms with Crippen LogP contribution in [0.25, 0.3) is 0 Å². The van der Waals surface area contributed by atoms with Crippen LogP contribution in [0.15, 0.2) is 24.3 Å². The number of hydrogen-bond acceptors (Lipinski definition) is 4. The average Bonchev–Trinajstić information content (AvgIpc) is 2.50. The number of aliphatic hydroxyl groups excluding tert-OH is 1. The van der Waals surface area contributed by atoms with Crippen LogP contribution in [0, 0.1) is 0 Å². The van der Waals surface area contributed by atoms with Gasteiger partial charge in [-0.05, 0) is 17.5 Å². The Balaban J connectivity index is 1.72. The van der Waals surface area contributed by atoms with Gasteiger partial charge in [0.25, 0.3) is 0 Å². The van der Waals surface area contributed by atoms with Gasteiger partial charge in [-0.15, -0.1) is 0 Å². The van der Waals surface area contributed by atoms with Gasteiger partial charge in [0.1, 0.15) is 0 Å². The van der Waals surface area contributed by atoms with Gasteiger partial charge in [0.15, 0.2) is 0 Å². The lowest BCUT2D eigenvalue weighted by atomic mass is 10.00. The summed E-state index contributed by atoms with van der Waals surface area (Å²) in [6, 6.07) is 8.42. The molecule has 0 radical (unpaired) electrons. The highest BCUT2D eigenvalue weighted by Crippen LogP contribution is 2.18. The second-order valence-electron chi connectivity index (χ2n) is 5.45. The normalized spacial score (nSPS) is 16.3. The van der Waals surface area contributed by atoms with Crippen LogP contribution in [0.5, 0.6) is 0 Å². The summed E-state index contributed by atoms with van der Waals surface area (Å²) in [5.74, 6) is -0.0834. The van der Waals surface area contributed by atoms with Gasteiger partial charge in [-0.3, -0.25) is 9.69 Å². The second-order valence-corrected chi connectivity index (χ2v) is 5.45. The van der Waals surface area contributed by atoms with E-state index < -0.39 is 6.10 Å². The minimum Gasteiger partial charge on any atom is -0.390 e. The minimum absolute atomic E-state index is 0.0834. The molecule has 5 heteroatoms. The first-order valence-corrected chi connectivity index (χ1v) is 7.42. The summed E-state index contributed by atoms with van der Waals surface area (Å²) in [5.41, 5.74) is 2.73. The summed E-state index contributed by atoms with van der Waals surface area (Å²) < 4.78 is 4.84. The Morgan fingerprint density at radius 2 is 2.19 bits per heavy atom. The van der Waals surface area contributed by atoms with E-state index in [9.17, 15) is 9.90 Å². The van der Waals surface area contributed by atoms with Crippen molar-refractivity contribution in [2.75, 3.05) is 33.4 Å². The molecule has 1 heterocycles. The Morgan fingerprint density at radius 1 is 1.43 bits per heavy atom. The van der Waals surface area contributed by atoms with Crippen molar-refractivity contribution in [1.82, 2.24) is 10.2 Å². The maximum absolute atomic E-state index is 11.4. The first-order chi connectivity index (χ1) is 10.2. The van der Waals surface area contributed by atoms with Gasteiger partial charge in [-0.2, -0.15) is 0 Å². The molecular weight excluding hydrogens is 268 g/mol. The summed E-state index contributed by atoms with van der Waals surface area (Å²) in [6.07, 6.45) is 0.811. The van der Waals surface area contributed by atoms with Crippen LogP contribution < -0.4 is 5.32 Å². The Morgan fingerprint density at radius 3 is 2.95 bits per heavy atom. The number of nitrogens with zero attached hydrogens (tertiary/aromatic N) is 1. The predicted molar refractivity (Wildman–Crippen MR) is 80.9 cm³/mol. The molecule has 1 atom stereocenters. The van der Waals surface area contributed by atoms with Crippen molar-refractivity contribution in [1.29, 1.82) is 0 Å². The molecule has 1 aromatic carbocycles. The van der Waals surface area contributed by atoms with E-state index in [0.29, 0.717) is 26.1 Å². The highest BCUT2D eigenvalue weighted by Gasteiger charge is 2.18. The molecule has 0 fully saturated rings. The van der Waals surface area contributed by atoms with E-state index in [-0.39, 0.29) is 5.91 Å². The molecular formula is C16H24N2O3. The minimum atomic E-state index is -0.540. The fraction of sp³-hybridized carbons (Fsp3) is 0.562. The van der Waals surface area contributed by atoms with Gasteiger partial charge in [0, 0.05) is 39.7 Å². The van der Waals surface area contributed by atoms with E-state index >= 15 is 0 Å². The monoisotopic (exact) mass is 292 g/mol. The second kappa shape index (κ2) is 8.12. The van der Waals surface area contributed by atoms with Crippen molar-refractivity contribution in [3.05, 3.63) is 35.4 Å². The molecule has 5 nitrogen and oxygen atoms in total. The fourth-order valence-electron chi connectivity index (χ4n) is 2.59. The zero-order valence-corrected chi connectivity index (χ0v) is 12.5. The lowest BCUT2D eigenvalue weighted by Crippen LogP contribution is -2.42. The van der Waals surface area contributed by atoms with E-state index in [1.165, 1.54) is 11.1 Å². The van der Waals surface area contributed by atoms with Crippen LogP contribution >= 0.6 is 0 Å². The number of amides is 1. The van der Waals surface area contributed by atoms with E-state index in [1.807, 2.05) is 0 Å². The molecule has 0 bridgehead atoms. The predicted octanol–water partition coefficient (Wildman–Crippen LogP) is 0.558. The van der Waals surface area contributed by atoms with Gasteiger partial charge >= 0.3 is 0 Å². The largest absolute Gasteiger partial charge is 0.390 e. The molecule has 2 rings (SSSR count). The molecule has 0 aliphatic carbocycles. The van der Waals surface area contributed by atoms with E-state index in [4.69, 9.17) is 4.74 Å². The number of carbonyl (C=O) groups excluding carboxylic acids is 1. The molecule has 0 saturated carbocycles. The lowest BCUT2D eigenvalue weighted by Gasteiger charge is -2.30. The molecule has 2 N–H and O–H groups in total. The zero-order chi connectivity index (χ0) is 15.1. The summed E-state index contributed by atoms with van der Waals surface area (Å²) in [4.78, 5) is 13.7. The maximum Gasteiger partial charge on any atom is 0.222 e. The van der Waals surface area contributed by atoms with Crippen molar-refractivity contribution in [2.24, 2.45) is 0 Å². The van der Waals surface area contributed by atoms with Crippen LogP contribution in [0.2, 0.25) is 0 Å². The Kier molecular flexibility index (Phi) is 6.17. The SMILES string of the molecule is COCCC(=O)NCC(O)CN1CCc2ccccc2C1. The highest BCUT2D eigenvalue weighted by molar-refractivity contribution is 5.75. The summed E-state index contributed by atoms with van der Waals surface area (Å²) >= 11 is 0. The quantitative estimate of drug-likeness (QED) is 0.771. The molecule has 1 aliphatic rings. The number of β-amino-alcohol motifs (C(OH)–C–C–N with tert-alkyl or cyclic N) is 1. The first-order valence-electron chi connectivity index (χ1n) is 7.42. The van der Waals surface area contributed by atoms with Gasteiger partial charge in [-0.25, -0.2) is 0 Å². The van der Waals surface area contributed by atoms with Crippen molar-refractivity contribution < 1.29 is 14.6 Å². The van der Waals surface area contributed by atoms with Gasteiger partial charge in [-0.1, -0.05) is 24.3 Å². The molecule has 0 aromatic heterocycles. The molecule has 1 aliphatic heterocycles. The Bertz CT molecular complexity index is 465. The molecule has 21 heavy (non-hydrogen) atoms. The Labute approximate surface area is 125 Å². The van der Waals surface area contributed by atoms with E-state index in [2.05, 4.69) is 34.5 Å². The molecule has 1 unspecified atom stereocenters. The number of rotatable bonds is 7. The molecule has 0 spiro atoms. The maximum atomic E-state index is 11.4. The third-order valence-corrected chi connectivity index (χ3v) is 3.75. The number of carbonyl (C=O) groups is 1. The summed E-state index contributed by atoms with van der Waals surface area (Å²) in [6.45, 7) is 3.10. The average molecular weight is 292 g/mol. The number of fused-ring (bicyclic) bond motifs is 1. The zero-order valence-electron chi connectivity index (χ0n) is 12.5. The lowest BCUT2D eigenvalue weighted by molar-refractivity contribution is -0.122. The number of hydrogen-bond donors (Lipinski definition) is 2. The van der Waals surface area contributed by atoms with Crippen molar-refractivity contribution >= 4 is 5.91 Å². The van der Waals surface area contributed by atoms with Crippen molar-refractivity contribution in [2.45, 2.75) is 25.5 Å². The number of ether oxygens (including phenoxy) is 1. The van der Waals surface area contributed by atoms with Crippen LogP contribution in [0.1, 0.15) is 17.5 Å². The fourth-order valence-corrected chi connectivity index (χ4v) is 2.59. The number of aliphatic hydroxyl groups is 1. The topological polar surface area (TPSA) is 61.8 Å². The van der Waals surface area contributed by atoms with Crippen LogP contribution in [-0.4, -0.2) is 55.4 Å². The van der Waals surface area contributed by atoms with E-state index in [0.717, 1.165) is 19.5 Å². The van der Waals surface area contributed by atoms with Crippen molar-refractivity contribution in [3.63, 3.8) is 0 Å². The summed E-state index contributed by atoms with van der Waals surface area (Å²) in [7, 11) is 1.57. The third-order valence-electron chi connectivity index (χ3n) is 3.75. The van der Waals surface area contributed by atoms with Gasteiger partial charge < -0.3 is 15.2 Å². The van der Waals surface area contributed by atoms with Crippen molar-refractivity contribution in [3.8, 4) is 0 Å². The standard InChI is InChI=1S/C16H24N2O3/c1-21-9-7-16(20)17-10-15(19)12-18-8-6-13-4-2-3-5-14(13)11-18/h2-5,15,19H,6-12H2,1H3,(H,17,20). The molecule has 1 amide bonds. The first kappa shape index (κ1) is 15.9. The molecule has 0 saturated heterocycles. The molecule has 1 aromatic rings. The number of benzene rings is 1. The molecule has 116 valence electrons. The third kappa shape index (κ3) is 5.12. The number of nitrogens with one attached hydrogen (secondary N) is 1. The van der Waals surface area contributed by atoms with E-state index in [1.54, 1.807) is 7.11 Å². The van der Waals surface area contributed by atoms with Gasteiger partial charge in [0.2, 0.25) is 5.91 Å². The van der Waals surface area contributed by atoms with Gasteiger partial charge in [0.05, 0.1) is 12.7 Å². The van der Waals surface area contributed by atoms with Crippen LogP contribution in [-0.2, 0) is 22.5 Å². The van der Waals surface area contributed by atoms with Crippen LogP contribution in [0.4, 0.5) is 0 Å². The Hall–Kier alpha value is -1.43. The summed E-state index contributed by atoms with van der Waals surface area (Å²) in [5, 5.41) is 12.8. The van der Waals surface area contributed by atoms with Crippen LogP contribution in [0.3, 0.4) is 0 Å². The highest BCUT2D eigenvalue weighted by atomic mass is 16.5. The smallest absolute Gasteiger partial charge is 0.222 e.